The smallest absolute Gasteiger partial charge is 0.246 e. The predicted octanol–water partition coefficient (Wildman–Crippen LogP) is 3.65. The van der Waals surface area contributed by atoms with Crippen LogP contribution in [0, 0.1) is 18.3 Å². The first-order chi connectivity index (χ1) is 20.9. The summed E-state index contributed by atoms with van der Waals surface area (Å²) in [7, 11) is 2.11. The molecule has 1 N–H and O–H groups in total. The zero-order chi connectivity index (χ0) is 30.1. The van der Waals surface area contributed by atoms with E-state index < -0.39 is 6.04 Å². The number of rotatable bonds is 7. The van der Waals surface area contributed by atoms with E-state index in [9.17, 15) is 15.2 Å². The minimum absolute atomic E-state index is 0.170. The molecule has 0 spiro atoms. The fourth-order valence-electron chi connectivity index (χ4n) is 7.05. The second-order valence-corrected chi connectivity index (χ2v) is 11.9. The fraction of sp³-hybridized carbons (Fsp3) is 0.441. The molecule has 3 aromatic rings. The number of anilines is 2. The number of aliphatic hydroxyl groups excluding tert-OH is 1. The molecule has 4 heterocycles. The molecule has 2 atom stereocenters. The number of aryl methyl sites for hydroxylation is 1. The van der Waals surface area contributed by atoms with Gasteiger partial charge in [0, 0.05) is 48.9 Å². The van der Waals surface area contributed by atoms with Crippen LogP contribution in [0.25, 0.3) is 10.8 Å². The zero-order valence-corrected chi connectivity index (χ0v) is 25.1. The minimum atomic E-state index is -0.398. The monoisotopic (exact) mass is 580 g/mol. The van der Waals surface area contributed by atoms with Crippen molar-refractivity contribution in [1.82, 2.24) is 14.8 Å². The summed E-state index contributed by atoms with van der Waals surface area (Å²) < 4.78 is 6.39. The first kappa shape index (κ1) is 29.0. The molecule has 0 bridgehead atoms. The van der Waals surface area contributed by atoms with Crippen molar-refractivity contribution in [3.8, 4) is 11.9 Å². The number of hydrogen-bond donors (Lipinski definition) is 1. The van der Waals surface area contributed by atoms with Crippen molar-refractivity contribution in [2.24, 2.45) is 0 Å². The summed E-state index contributed by atoms with van der Waals surface area (Å²) in [4.78, 5) is 26.0. The van der Waals surface area contributed by atoms with Crippen molar-refractivity contribution in [2.45, 2.75) is 44.8 Å². The summed E-state index contributed by atoms with van der Waals surface area (Å²) in [6, 6.07) is 15.2. The van der Waals surface area contributed by atoms with Gasteiger partial charge in [-0.1, -0.05) is 36.9 Å². The topological polar surface area (TPSA) is 96.2 Å². The first-order valence-electron chi connectivity index (χ1n) is 15.2. The van der Waals surface area contributed by atoms with Crippen LogP contribution in [0.5, 0.6) is 5.88 Å². The van der Waals surface area contributed by atoms with E-state index in [0.29, 0.717) is 44.2 Å². The van der Waals surface area contributed by atoms with Gasteiger partial charge in [-0.2, -0.15) is 5.26 Å². The first-order valence-corrected chi connectivity index (χ1v) is 15.2. The highest BCUT2D eigenvalue weighted by atomic mass is 16.5. The Morgan fingerprint density at radius 2 is 1.98 bits per heavy atom. The van der Waals surface area contributed by atoms with Gasteiger partial charge in [0.2, 0.25) is 11.8 Å². The van der Waals surface area contributed by atoms with E-state index in [1.807, 2.05) is 0 Å². The average Bonchev–Trinajstić information content (AvgIpc) is 3.46. The van der Waals surface area contributed by atoms with E-state index in [1.54, 1.807) is 4.90 Å². The number of pyridine rings is 1. The maximum atomic E-state index is 12.5. The molecule has 224 valence electrons. The van der Waals surface area contributed by atoms with E-state index >= 15 is 0 Å². The Morgan fingerprint density at radius 1 is 1.16 bits per heavy atom. The van der Waals surface area contributed by atoms with Crippen LogP contribution in [0.1, 0.15) is 35.2 Å². The van der Waals surface area contributed by atoms with Crippen LogP contribution in [0.3, 0.4) is 0 Å². The number of aliphatic hydroxyl groups is 1. The normalized spacial score (nSPS) is 20.7. The van der Waals surface area contributed by atoms with Crippen LogP contribution in [0.4, 0.5) is 11.4 Å². The largest absolute Gasteiger partial charge is 0.475 e. The minimum Gasteiger partial charge on any atom is -0.475 e. The fourth-order valence-corrected chi connectivity index (χ4v) is 7.05. The molecule has 9 nitrogen and oxygen atoms in total. The van der Waals surface area contributed by atoms with Crippen LogP contribution in [0.2, 0.25) is 0 Å². The van der Waals surface area contributed by atoms with Gasteiger partial charge in [-0.15, -0.1) is 0 Å². The highest BCUT2D eigenvalue weighted by Gasteiger charge is 2.35. The van der Waals surface area contributed by atoms with E-state index in [4.69, 9.17) is 9.72 Å². The summed E-state index contributed by atoms with van der Waals surface area (Å²) in [6.07, 6.45) is 4.20. The quantitative estimate of drug-likeness (QED) is 0.424. The van der Waals surface area contributed by atoms with Crippen molar-refractivity contribution in [1.29, 1.82) is 5.26 Å². The third-order valence-corrected chi connectivity index (χ3v) is 9.39. The zero-order valence-electron chi connectivity index (χ0n) is 25.1. The molecule has 3 aliphatic heterocycles. The second kappa shape index (κ2) is 12.2. The molecule has 43 heavy (non-hydrogen) atoms. The summed E-state index contributed by atoms with van der Waals surface area (Å²) >= 11 is 0. The Kier molecular flexibility index (Phi) is 8.24. The predicted molar refractivity (Wildman–Crippen MR) is 169 cm³/mol. The molecular weight excluding hydrogens is 540 g/mol. The van der Waals surface area contributed by atoms with E-state index in [-0.39, 0.29) is 18.6 Å². The number of nitriles is 1. The van der Waals surface area contributed by atoms with Crippen LogP contribution in [0.15, 0.2) is 49.1 Å². The molecule has 6 rings (SSSR count). The highest BCUT2D eigenvalue weighted by Crippen LogP contribution is 2.40. The molecular formula is C34H40N6O3. The molecule has 1 aromatic heterocycles. The molecule has 1 unspecified atom stereocenters. The molecule has 2 aromatic carbocycles. The molecule has 2 saturated heterocycles. The van der Waals surface area contributed by atoms with E-state index in [1.165, 1.54) is 28.1 Å². The Morgan fingerprint density at radius 3 is 2.70 bits per heavy atom. The van der Waals surface area contributed by atoms with Crippen LogP contribution in [-0.4, -0.2) is 90.9 Å². The Balaban J connectivity index is 1.40. The average molecular weight is 581 g/mol. The number of amides is 1. The molecule has 2 fully saturated rings. The van der Waals surface area contributed by atoms with Crippen molar-refractivity contribution in [3.63, 3.8) is 0 Å². The number of benzene rings is 2. The lowest BCUT2D eigenvalue weighted by Crippen LogP contribution is -2.56. The van der Waals surface area contributed by atoms with Crippen molar-refractivity contribution in [2.75, 3.05) is 62.8 Å². The maximum Gasteiger partial charge on any atom is 0.246 e. The van der Waals surface area contributed by atoms with Gasteiger partial charge in [-0.25, -0.2) is 4.98 Å². The van der Waals surface area contributed by atoms with Gasteiger partial charge in [0.05, 0.1) is 30.6 Å². The second-order valence-electron chi connectivity index (χ2n) is 11.9. The number of nitrogens with zero attached hydrogens (tertiary/aromatic N) is 6. The number of likely N-dealkylation sites (tertiary alicyclic amines) is 1. The number of carbonyl (C=O) groups is 1. The third-order valence-electron chi connectivity index (χ3n) is 9.39. The number of carbonyl (C=O) groups excluding carboxylic acids is 1. The number of likely N-dealkylation sites (N-methyl/N-ethyl adjacent to an activating group) is 1. The lowest BCUT2D eigenvalue weighted by Gasteiger charge is -2.43. The van der Waals surface area contributed by atoms with Crippen molar-refractivity contribution < 1.29 is 14.6 Å². The van der Waals surface area contributed by atoms with Gasteiger partial charge in [-0.3, -0.25) is 4.79 Å². The van der Waals surface area contributed by atoms with Crippen LogP contribution < -0.4 is 14.5 Å². The molecule has 0 aliphatic carbocycles. The van der Waals surface area contributed by atoms with Gasteiger partial charge in [0.25, 0.3) is 0 Å². The summed E-state index contributed by atoms with van der Waals surface area (Å²) in [6.45, 7) is 9.90. The number of aromatic nitrogens is 1. The van der Waals surface area contributed by atoms with Crippen molar-refractivity contribution in [3.05, 3.63) is 71.4 Å². The van der Waals surface area contributed by atoms with E-state index in [0.717, 1.165) is 49.3 Å². The number of piperazine rings is 1. The molecule has 9 heteroatoms. The molecule has 0 radical (unpaired) electrons. The lowest BCUT2D eigenvalue weighted by molar-refractivity contribution is -0.129. The summed E-state index contributed by atoms with van der Waals surface area (Å²) in [5.74, 6) is 0.180. The number of hydrogen-bond acceptors (Lipinski definition) is 8. The third kappa shape index (κ3) is 5.41. The molecule has 3 aliphatic rings. The Bertz CT molecular complexity index is 1580. The van der Waals surface area contributed by atoms with Gasteiger partial charge >= 0.3 is 0 Å². The molecule has 0 saturated carbocycles. The van der Waals surface area contributed by atoms with Crippen LogP contribution >= 0.6 is 0 Å². The number of ether oxygens (including phenoxy) is 1. The highest BCUT2D eigenvalue weighted by molar-refractivity contribution is 5.97. The summed E-state index contributed by atoms with van der Waals surface area (Å²) in [5.41, 5.74) is 5.65. The van der Waals surface area contributed by atoms with Crippen molar-refractivity contribution >= 4 is 28.1 Å². The van der Waals surface area contributed by atoms with Gasteiger partial charge in [0.15, 0.2) is 0 Å². The standard InChI is InChI=1S/C34H40N6O3/c1-4-31(42)40-17-16-39(19-26(40)21-41)33-27-13-15-38(30-12-6-10-24-9-5-8-23(2)32(24)30)20-29(27)36-34(28(33)18-35)43-22-25-11-7-14-37(25)3/h4-6,8-10,12,25-26,41H,1,7,11,13-17,19-22H2,2-3H3/t25-,26?/m0/s1. The van der Waals surface area contributed by atoms with Gasteiger partial charge < -0.3 is 29.4 Å². The molecule has 1 amide bonds. The summed E-state index contributed by atoms with van der Waals surface area (Å²) in [5, 5.41) is 23.2. The van der Waals surface area contributed by atoms with Gasteiger partial charge in [0.1, 0.15) is 18.2 Å². The van der Waals surface area contributed by atoms with Crippen LogP contribution in [-0.2, 0) is 17.8 Å². The maximum absolute atomic E-state index is 12.5. The lowest BCUT2D eigenvalue weighted by atomic mass is 9.96. The van der Waals surface area contributed by atoms with E-state index in [2.05, 4.69) is 77.7 Å². The Labute approximate surface area is 253 Å². The van der Waals surface area contributed by atoms with Gasteiger partial charge in [-0.05, 0) is 62.9 Å². The Hall–Kier alpha value is -4.13. The SMILES string of the molecule is C=CC(=O)N1CCN(c2c(C#N)c(OC[C@@H]3CCCN3C)nc3c2CCN(c2cccc4cccc(C)c24)C3)CC1CO. The number of fused-ring (bicyclic) bond motifs is 2.